The second kappa shape index (κ2) is 4.27. The highest BCUT2D eigenvalue weighted by molar-refractivity contribution is 7.16. The standard InChI is InChI=1S/C17H10O3S/c1-9-6-7-13-12(8-9)20-16-14(18)10-4-2-3-5-11(10)15(19)17(16)21-13/h2-8H,1H3. The molecule has 0 amide bonds. The number of aryl methyl sites for hydroxylation is 1. The van der Waals surface area contributed by atoms with E-state index in [1.807, 2.05) is 25.1 Å². The van der Waals surface area contributed by atoms with Crippen molar-refractivity contribution in [2.24, 2.45) is 0 Å². The minimum absolute atomic E-state index is 0.142. The van der Waals surface area contributed by atoms with Gasteiger partial charge in [0.05, 0.1) is 4.70 Å². The maximum atomic E-state index is 12.6. The number of rotatable bonds is 0. The summed E-state index contributed by atoms with van der Waals surface area (Å²) in [6.07, 6.45) is 0. The summed E-state index contributed by atoms with van der Waals surface area (Å²) in [7, 11) is 0. The fourth-order valence-electron chi connectivity index (χ4n) is 2.51. The van der Waals surface area contributed by atoms with E-state index >= 15 is 0 Å². The molecular weight excluding hydrogens is 284 g/mol. The summed E-state index contributed by atoms with van der Waals surface area (Å²) >= 11 is 1.31. The van der Waals surface area contributed by atoms with Crippen LogP contribution < -0.4 is 10.9 Å². The van der Waals surface area contributed by atoms with Crippen LogP contribution in [0.4, 0.5) is 0 Å². The zero-order valence-corrected chi connectivity index (χ0v) is 12.0. The van der Waals surface area contributed by atoms with Crippen molar-refractivity contribution in [1.29, 1.82) is 0 Å². The summed E-state index contributed by atoms with van der Waals surface area (Å²) in [6, 6.07) is 12.6. The van der Waals surface area contributed by atoms with Crippen LogP contribution >= 0.6 is 11.3 Å². The van der Waals surface area contributed by atoms with Crippen molar-refractivity contribution in [3.63, 3.8) is 0 Å². The van der Waals surface area contributed by atoms with Crippen molar-refractivity contribution >= 4 is 32.4 Å². The van der Waals surface area contributed by atoms with Gasteiger partial charge in [-0.25, -0.2) is 0 Å². The third kappa shape index (κ3) is 1.73. The molecule has 1 aliphatic carbocycles. The van der Waals surface area contributed by atoms with Crippen LogP contribution in [0.2, 0.25) is 0 Å². The molecule has 4 rings (SSSR count). The molecule has 3 nitrogen and oxygen atoms in total. The Hall–Kier alpha value is -2.46. The predicted molar refractivity (Wildman–Crippen MR) is 84.2 cm³/mol. The molecule has 1 aliphatic heterocycles. The minimum Gasteiger partial charge on any atom is -0.450 e. The summed E-state index contributed by atoms with van der Waals surface area (Å²) in [5.41, 5.74) is 1.48. The highest BCUT2D eigenvalue weighted by Gasteiger charge is 2.11. The summed E-state index contributed by atoms with van der Waals surface area (Å²) in [5.74, 6) is 0. The normalized spacial score (nSPS) is 11.5. The van der Waals surface area contributed by atoms with Gasteiger partial charge in [0.25, 0.3) is 0 Å². The van der Waals surface area contributed by atoms with Crippen LogP contribution in [0.5, 0.6) is 0 Å². The molecule has 1 heterocycles. The van der Waals surface area contributed by atoms with Crippen molar-refractivity contribution < 1.29 is 4.42 Å². The Morgan fingerprint density at radius 3 is 2.43 bits per heavy atom. The Labute approximate surface area is 122 Å². The topological polar surface area (TPSA) is 47.3 Å². The molecule has 2 aromatic carbocycles. The van der Waals surface area contributed by atoms with Crippen molar-refractivity contribution in [1.82, 2.24) is 0 Å². The van der Waals surface area contributed by atoms with Crippen LogP contribution in [0.3, 0.4) is 0 Å². The van der Waals surface area contributed by atoms with Crippen LogP contribution in [-0.4, -0.2) is 0 Å². The molecule has 2 aromatic rings. The molecule has 2 aliphatic rings. The molecule has 0 bridgehead atoms. The highest BCUT2D eigenvalue weighted by atomic mass is 32.1. The number of benzene rings is 2. The van der Waals surface area contributed by atoms with Crippen LogP contribution in [0.25, 0.3) is 21.1 Å². The molecule has 0 saturated carbocycles. The molecule has 0 aromatic heterocycles. The lowest BCUT2D eigenvalue weighted by molar-refractivity contribution is 0.567. The lowest BCUT2D eigenvalue weighted by Gasteiger charge is -2.01. The zero-order valence-electron chi connectivity index (χ0n) is 11.2. The summed E-state index contributed by atoms with van der Waals surface area (Å²) in [6.45, 7) is 1.96. The van der Waals surface area contributed by atoms with Gasteiger partial charge in [0.15, 0.2) is 5.42 Å². The number of hydrogen-bond donors (Lipinski definition) is 0. The smallest absolute Gasteiger partial charge is 0.230 e. The molecule has 102 valence electrons. The molecule has 0 unspecified atom stereocenters. The first-order valence-electron chi connectivity index (χ1n) is 6.54. The second-order valence-electron chi connectivity index (χ2n) is 5.02. The van der Waals surface area contributed by atoms with E-state index in [2.05, 4.69) is 0 Å². The average molecular weight is 294 g/mol. The van der Waals surface area contributed by atoms with E-state index in [1.54, 1.807) is 24.3 Å². The summed E-state index contributed by atoms with van der Waals surface area (Å²) < 4.78 is 6.99. The lowest BCUT2D eigenvalue weighted by Crippen LogP contribution is -2.13. The van der Waals surface area contributed by atoms with Crippen molar-refractivity contribution in [3.05, 3.63) is 78.4 Å². The number of fused-ring (bicyclic) bond motifs is 2. The fraction of sp³-hybridized carbons (Fsp3) is 0.0588. The van der Waals surface area contributed by atoms with Gasteiger partial charge in [-0.05, 0) is 24.6 Å². The molecular formula is C17H10O3S. The van der Waals surface area contributed by atoms with Gasteiger partial charge in [0.1, 0.15) is 10.1 Å². The molecule has 21 heavy (non-hydrogen) atoms. The van der Waals surface area contributed by atoms with Gasteiger partial charge in [-0.1, -0.05) is 30.3 Å². The van der Waals surface area contributed by atoms with Crippen molar-refractivity contribution in [3.8, 4) is 0 Å². The van der Waals surface area contributed by atoms with Crippen LogP contribution in [0.15, 0.2) is 56.5 Å². The SMILES string of the molecule is Cc1ccc2sc3c(=O)c4ccccc4c(=O)c=3oc2c1. The van der Waals surface area contributed by atoms with Gasteiger partial charge in [-0.3, -0.25) is 9.59 Å². The fourth-order valence-corrected chi connectivity index (χ4v) is 3.50. The molecule has 0 N–H and O–H groups in total. The van der Waals surface area contributed by atoms with E-state index in [4.69, 9.17) is 4.42 Å². The van der Waals surface area contributed by atoms with Gasteiger partial charge in [0.2, 0.25) is 10.9 Å². The van der Waals surface area contributed by atoms with Crippen LogP contribution in [0.1, 0.15) is 5.56 Å². The van der Waals surface area contributed by atoms with Crippen LogP contribution in [0, 0.1) is 16.9 Å². The Balaban J connectivity index is 2.40. The Morgan fingerprint density at radius 2 is 1.67 bits per heavy atom. The van der Waals surface area contributed by atoms with E-state index in [0.29, 0.717) is 20.9 Å². The molecule has 0 spiro atoms. The first-order chi connectivity index (χ1) is 10.1. The minimum atomic E-state index is -0.222. The van der Waals surface area contributed by atoms with E-state index in [9.17, 15) is 9.59 Å². The molecule has 0 radical (unpaired) electrons. The quantitative estimate of drug-likeness (QED) is 0.499. The second-order valence-corrected chi connectivity index (χ2v) is 6.07. The Bertz CT molecular complexity index is 1180. The maximum Gasteiger partial charge on any atom is 0.230 e. The van der Waals surface area contributed by atoms with Gasteiger partial charge in [-0.2, -0.15) is 0 Å². The molecule has 4 heteroatoms. The molecule has 0 saturated heterocycles. The first kappa shape index (κ1) is 12.3. The van der Waals surface area contributed by atoms with Gasteiger partial charge in [0, 0.05) is 10.8 Å². The third-order valence-corrected chi connectivity index (χ3v) is 4.69. The largest absolute Gasteiger partial charge is 0.450 e. The summed E-state index contributed by atoms with van der Waals surface area (Å²) in [5, 5.41) is 0.867. The van der Waals surface area contributed by atoms with Crippen LogP contribution in [-0.2, 0) is 0 Å². The molecule has 0 atom stereocenters. The monoisotopic (exact) mass is 294 g/mol. The lowest BCUT2D eigenvalue weighted by atomic mass is 10.1. The highest BCUT2D eigenvalue weighted by Crippen LogP contribution is 2.21. The van der Waals surface area contributed by atoms with E-state index in [-0.39, 0.29) is 16.3 Å². The summed E-state index contributed by atoms with van der Waals surface area (Å²) in [4.78, 5) is 25.1. The van der Waals surface area contributed by atoms with E-state index < -0.39 is 0 Å². The van der Waals surface area contributed by atoms with Crippen molar-refractivity contribution in [2.45, 2.75) is 6.92 Å². The van der Waals surface area contributed by atoms with E-state index in [0.717, 1.165) is 10.3 Å². The van der Waals surface area contributed by atoms with Gasteiger partial charge in [-0.15, -0.1) is 11.3 Å². The maximum absolute atomic E-state index is 12.6. The van der Waals surface area contributed by atoms with Gasteiger partial charge < -0.3 is 4.42 Å². The van der Waals surface area contributed by atoms with Gasteiger partial charge >= 0.3 is 0 Å². The first-order valence-corrected chi connectivity index (χ1v) is 7.36. The zero-order chi connectivity index (χ0) is 14.6. The number of hydrogen-bond acceptors (Lipinski definition) is 4. The van der Waals surface area contributed by atoms with Crippen molar-refractivity contribution in [2.75, 3.05) is 0 Å². The Kier molecular flexibility index (Phi) is 2.50. The average Bonchev–Trinajstić information content (AvgIpc) is 2.51. The van der Waals surface area contributed by atoms with E-state index in [1.165, 1.54) is 11.3 Å². The molecule has 0 fully saturated rings. The Morgan fingerprint density at radius 1 is 0.952 bits per heavy atom. The third-order valence-electron chi connectivity index (χ3n) is 3.56. The predicted octanol–water partition coefficient (Wildman–Crippen LogP) is 3.40.